The Hall–Kier alpha value is -2.11. The summed E-state index contributed by atoms with van der Waals surface area (Å²) in [5.41, 5.74) is -0.975. The van der Waals surface area contributed by atoms with Gasteiger partial charge in [0.15, 0.2) is 5.60 Å². The molecule has 1 heterocycles. The first kappa shape index (κ1) is 19.6. The number of carbonyl (C=O) groups is 1. The molecule has 0 bridgehead atoms. The molecule has 0 unspecified atom stereocenters. The van der Waals surface area contributed by atoms with E-state index in [-0.39, 0.29) is 24.3 Å². The molecule has 1 amide bonds. The zero-order valence-electron chi connectivity index (χ0n) is 16.7. The normalized spacial score (nSPS) is 20.4. The molecular weight excluding hydrogens is 340 g/mol. The molecule has 1 aliphatic heterocycles. The lowest BCUT2D eigenvalue weighted by Crippen LogP contribution is -2.48. The minimum absolute atomic E-state index is 0.0323. The van der Waals surface area contributed by atoms with E-state index in [2.05, 4.69) is 4.90 Å². The second-order valence-corrected chi connectivity index (χ2v) is 8.26. The number of hydrogen-bond acceptors (Lipinski definition) is 4. The molecule has 0 saturated carbocycles. The van der Waals surface area contributed by atoms with Crippen LogP contribution in [0.25, 0.3) is 10.8 Å². The van der Waals surface area contributed by atoms with Crippen LogP contribution >= 0.6 is 0 Å². The Labute approximate surface area is 161 Å². The van der Waals surface area contributed by atoms with Gasteiger partial charge in [0.2, 0.25) is 0 Å². The molecule has 146 valence electrons. The molecule has 27 heavy (non-hydrogen) atoms. The number of benzene rings is 2. The van der Waals surface area contributed by atoms with Gasteiger partial charge in [0, 0.05) is 37.5 Å². The van der Waals surface area contributed by atoms with Gasteiger partial charge in [-0.15, -0.1) is 0 Å². The summed E-state index contributed by atoms with van der Waals surface area (Å²) < 4.78 is 6.21. The fourth-order valence-corrected chi connectivity index (χ4v) is 3.97. The summed E-state index contributed by atoms with van der Waals surface area (Å²) in [5, 5.41) is 11.8. The van der Waals surface area contributed by atoms with Gasteiger partial charge in [-0.2, -0.15) is 0 Å². The van der Waals surface area contributed by atoms with Gasteiger partial charge in [-0.3, -0.25) is 4.79 Å². The maximum Gasteiger partial charge on any atom is 0.266 e. The second kappa shape index (κ2) is 7.87. The first-order valence-electron chi connectivity index (χ1n) is 9.53. The average Bonchev–Trinajstić information content (AvgIpc) is 3.03. The van der Waals surface area contributed by atoms with E-state index in [0.29, 0.717) is 18.8 Å². The van der Waals surface area contributed by atoms with Crippen molar-refractivity contribution in [1.29, 1.82) is 0 Å². The molecule has 0 aromatic heterocycles. The zero-order valence-corrected chi connectivity index (χ0v) is 16.7. The molecule has 2 aromatic carbocycles. The Morgan fingerprint density at radius 3 is 2.52 bits per heavy atom. The van der Waals surface area contributed by atoms with E-state index in [1.165, 1.54) is 0 Å². The third kappa shape index (κ3) is 4.25. The van der Waals surface area contributed by atoms with Gasteiger partial charge in [0.25, 0.3) is 5.91 Å². The van der Waals surface area contributed by atoms with Crippen molar-refractivity contribution in [2.45, 2.75) is 19.4 Å². The third-order valence-electron chi connectivity index (χ3n) is 5.33. The zero-order chi connectivity index (χ0) is 19.6. The SMILES string of the molecule is CN(C)C[C@@H]1CN(C(=O)C(C)(C)Oc2cccc3ccccc23)C[C@@H]1CO. The van der Waals surface area contributed by atoms with E-state index in [1.54, 1.807) is 0 Å². The molecule has 1 saturated heterocycles. The number of aliphatic hydroxyl groups excluding tert-OH is 1. The molecule has 1 fully saturated rings. The topological polar surface area (TPSA) is 53.0 Å². The fourth-order valence-electron chi connectivity index (χ4n) is 3.97. The number of amides is 1. The van der Waals surface area contributed by atoms with Crippen molar-refractivity contribution >= 4 is 16.7 Å². The summed E-state index contributed by atoms with van der Waals surface area (Å²) in [6, 6.07) is 13.9. The van der Waals surface area contributed by atoms with Crippen molar-refractivity contribution in [3.63, 3.8) is 0 Å². The van der Waals surface area contributed by atoms with Gasteiger partial charge in [-0.25, -0.2) is 0 Å². The summed E-state index contributed by atoms with van der Waals surface area (Å²) >= 11 is 0. The van der Waals surface area contributed by atoms with E-state index < -0.39 is 5.60 Å². The Morgan fingerprint density at radius 1 is 1.15 bits per heavy atom. The lowest BCUT2D eigenvalue weighted by Gasteiger charge is -2.30. The van der Waals surface area contributed by atoms with Crippen LogP contribution in [0.3, 0.4) is 0 Å². The molecule has 5 nitrogen and oxygen atoms in total. The first-order valence-corrected chi connectivity index (χ1v) is 9.53. The maximum absolute atomic E-state index is 13.2. The van der Waals surface area contributed by atoms with Crippen molar-refractivity contribution < 1.29 is 14.6 Å². The van der Waals surface area contributed by atoms with Crippen molar-refractivity contribution in [2.75, 3.05) is 40.3 Å². The van der Waals surface area contributed by atoms with E-state index in [0.717, 1.165) is 17.3 Å². The number of nitrogens with zero attached hydrogens (tertiary/aromatic N) is 2. The lowest BCUT2D eigenvalue weighted by atomic mass is 9.97. The number of rotatable bonds is 6. The largest absolute Gasteiger partial charge is 0.477 e. The Morgan fingerprint density at radius 2 is 1.81 bits per heavy atom. The molecule has 2 aromatic rings. The molecule has 0 spiro atoms. The number of ether oxygens (including phenoxy) is 1. The summed E-state index contributed by atoms with van der Waals surface area (Å²) in [6.07, 6.45) is 0. The van der Waals surface area contributed by atoms with Crippen LogP contribution in [0.2, 0.25) is 0 Å². The molecule has 0 radical (unpaired) electrons. The van der Waals surface area contributed by atoms with Crippen LogP contribution in [0, 0.1) is 11.8 Å². The maximum atomic E-state index is 13.2. The molecule has 0 aliphatic carbocycles. The summed E-state index contributed by atoms with van der Waals surface area (Å²) in [4.78, 5) is 17.2. The van der Waals surface area contributed by atoms with E-state index in [9.17, 15) is 9.90 Å². The Balaban J connectivity index is 1.77. The standard InChI is InChI=1S/C22H30N2O3/c1-22(2,27-20-11-7-9-16-8-5-6-10-19(16)20)21(26)24-13-17(12-23(3)4)18(14-24)15-25/h5-11,17-18,25H,12-15H2,1-4H3/t17-,18-/m1/s1. The molecule has 5 heteroatoms. The molecule has 1 N–H and O–H groups in total. The molecule has 2 atom stereocenters. The predicted molar refractivity (Wildman–Crippen MR) is 108 cm³/mol. The van der Waals surface area contributed by atoms with Gasteiger partial charge in [-0.05, 0) is 45.3 Å². The van der Waals surface area contributed by atoms with Gasteiger partial charge in [0.05, 0.1) is 0 Å². The predicted octanol–water partition coefficient (Wildman–Crippen LogP) is 2.63. The van der Waals surface area contributed by atoms with Gasteiger partial charge < -0.3 is 19.6 Å². The van der Waals surface area contributed by atoms with Crippen LogP contribution in [0.15, 0.2) is 42.5 Å². The average molecular weight is 370 g/mol. The minimum Gasteiger partial charge on any atom is -0.477 e. The minimum atomic E-state index is -0.975. The number of aliphatic hydroxyl groups is 1. The third-order valence-corrected chi connectivity index (χ3v) is 5.33. The van der Waals surface area contributed by atoms with Crippen molar-refractivity contribution in [2.24, 2.45) is 11.8 Å². The van der Waals surface area contributed by atoms with Crippen LogP contribution in [0.1, 0.15) is 13.8 Å². The molecule has 3 rings (SSSR count). The van der Waals surface area contributed by atoms with Crippen LogP contribution in [0.4, 0.5) is 0 Å². The highest BCUT2D eigenvalue weighted by Gasteiger charge is 2.41. The monoisotopic (exact) mass is 370 g/mol. The van der Waals surface area contributed by atoms with Crippen molar-refractivity contribution in [3.8, 4) is 5.75 Å². The first-order chi connectivity index (χ1) is 12.8. The second-order valence-electron chi connectivity index (χ2n) is 8.26. The summed E-state index contributed by atoms with van der Waals surface area (Å²) in [6.45, 7) is 5.85. The van der Waals surface area contributed by atoms with Gasteiger partial charge >= 0.3 is 0 Å². The van der Waals surface area contributed by atoms with Gasteiger partial charge in [-0.1, -0.05) is 36.4 Å². The smallest absolute Gasteiger partial charge is 0.266 e. The number of fused-ring (bicyclic) bond motifs is 1. The lowest BCUT2D eigenvalue weighted by molar-refractivity contribution is -0.144. The molecular formula is C22H30N2O3. The van der Waals surface area contributed by atoms with E-state index >= 15 is 0 Å². The highest BCUT2D eigenvalue weighted by molar-refractivity contribution is 5.90. The van der Waals surface area contributed by atoms with E-state index in [1.807, 2.05) is 75.3 Å². The van der Waals surface area contributed by atoms with Crippen LogP contribution in [-0.2, 0) is 4.79 Å². The number of hydrogen-bond donors (Lipinski definition) is 1. The number of carbonyl (C=O) groups excluding carboxylic acids is 1. The summed E-state index contributed by atoms with van der Waals surface area (Å²) in [7, 11) is 4.04. The van der Waals surface area contributed by atoms with Crippen LogP contribution < -0.4 is 4.74 Å². The van der Waals surface area contributed by atoms with Crippen molar-refractivity contribution in [1.82, 2.24) is 9.80 Å². The number of likely N-dealkylation sites (tertiary alicyclic amines) is 1. The van der Waals surface area contributed by atoms with E-state index in [4.69, 9.17) is 4.74 Å². The highest BCUT2D eigenvalue weighted by atomic mass is 16.5. The van der Waals surface area contributed by atoms with Gasteiger partial charge in [0.1, 0.15) is 5.75 Å². The summed E-state index contributed by atoms with van der Waals surface area (Å²) in [5.74, 6) is 1.08. The van der Waals surface area contributed by atoms with Crippen LogP contribution in [0.5, 0.6) is 5.75 Å². The Bertz CT molecular complexity index is 798. The van der Waals surface area contributed by atoms with Crippen LogP contribution in [-0.4, -0.2) is 66.8 Å². The Kier molecular flexibility index (Phi) is 5.72. The van der Waals surface area contributed by atoms with Crippen molar-refractivity contribution in [3.05, 3.63) is 42.5 Å². The highest BCUT2D eigenvalue weighted by Crippen LogP contribution is 2.31. The molecule has 1 aliphatic rings. The quantitative estimate of drug-likeness (QED) is 0.849. The fraction of sp³-hybridized carbons (Fsp3) is 0.500.